The summed E-state index contributed by atoms with van der Waals surface area (Å²) in [4.78, 5) is 0. The molecule has 0 bridgehead atoms. The van der Waals surface area contributed by atoms with Gasteiger partial charge in [-0.25, -0.2) is 0 Å². The maximum Gasteiger partial charge on any atom is 0.127 e. The molecule has 1 aliphatic rings. The smallest absolute Gasteiger partial charge is 0.127 e. The Morgan fingerprint density at radius 3 is 3.07 bits per heavy atom. The first-order valence-corrected chi connectivity index (χ1v) is 5.04. The normalized spacial score (nSPS) is 13.9. The summed E-state index contributed by atoms with van der Waals surface area (Å²) in [5, 5.41) is 0. The van der Waals surface area contributed by atoms with Crippen LogP contribution in [0.2, 0.25) is 0 Å². The minimum atomic E-state index is 0.649. The van der Waals surface area contributed by atoms with Crippen molar-refractivity contribution in [1.29, 1.82) is 0 Å². The van der Waals surface area contributed by atoms with Gasteiger partial charge in [0.25, 0.3) is 0 Å². The molecule has 0 saturated heterocycles. The lowest BCUT2D eigenvalue weighted by molar-refractivity contribution is 0.341. The van der Waals surface area contributed by atoms with E-state index in [1.807, 2.05) is 18.2 Å². The Morgan fingerprint density at radius 1 is 1.47 bits per heavy atom. The van der Waals surface area contributed by atoms with Crippen molar-refractivity contribution in [2.24, 2.45) is 5.73 Å². The van der Waals surface area contributed by atoms with Crippen molar-refractivity contribution in [3.8, 4) is 11.5 Å². The van der Waals surface area contributed by atoms with Gasteiger partial charge in [0.2, 0.25) is 0 Å². The molecule has 0 fully saturated rings. The molecule has 80 valence electrons. The van der Waals surface area contributed by atoms with Gasteiger partial charge in [-0.05, 0) is 42.8 Å². The Bertz CT molecular complexity index is 385. The summed E-state index contributed by atoms with van der Waals surface area (Å²) in [6, 6.07) is 5.81. The van der Waals surface area contributed by atoms with Crippen LogP contribution in [0.4, 0.5) is 0 Å². The monoisotopic (exact) mass is 205 g/mol. The number of methoxy groups -OCH3 is 1. The SMILES string of the molecule is COc1ccc2c(c1)C=C(CCN)CO2. The van der Waals surface area contributed by atoms with Crippen LogP contribution in [0.25, 0.3) is 6.08 Å². The zero-order valence-corrected chi connectivity index (χ0v) is 8.82. The van der Waals surface area contributed by atoms with E-state index in [1.54, 1.807) is 7.11 Å². The third kappa shape index (κ3) is 2.13. The standard InChI is InChI=1S/C12H15NO2/c1-14-11-2-3-12-10(7-11)6-9(4-5-13)8-15-12/h2-3,6-7H,4-5,8,13H2,1H3. The third-order valence-electron chi connectivity index (χ3n) is 2.46. The topological polar surface area (TPSA) is 44.5 Å². The summed E-state index contributed by atoms with van der Waals surface area (Å²) in [6.07, 6.45) is 3.02. The highest BCUT2D eigenvalue weighted by Crippen LogP contribution is 2.30. The molecule has 15 heavy (non-hydrogen) atoms. The van der Waals surface area contributed by atoms with Crippen molar-refractivity contribution in [2.45, 2.75) is 6.42 Å². The zero-order chi connectivity index (χ0) is 10.7. The highest BCUT2D eigenvalue weighted by molar-refractivity contribution is 5.64. The fourth-order valence-electron chi connectivity index (χ4n) is 1.66. The van der Waals surface area contributed by atoms with Gasteiger partial charge in [-0.3, -0.25) is 0 Å². The number of nitrogens with two attached hydrogens (primary N) is 1. The summed E-state index contributed by atoms with van der Waals surface area (Å²) in [5.41, 5.74) is 7.82. The van der Waals surface area contributed by atoms with E-state index in [4.69, 9.17) is 15.2 Å². The predicted octanol–water partition coefficient (Wildman–Crippen LogP) is 1.82. The molecule has 1 aromatic rings. The molecule has 0 aliphatic carbocycles. The fourth-order valence-corrected chi connectivity index (χ4v) is 1.66. The van der Waals surface area contributed by atoms with E-state index in [0.717, 1.165) is 23.5 Å². The summed E-state index contributed by atoms with van der Waals surface area (Å²) >= 11 is 0. The molecule has 3 heteroatoms. The molecule has 0 unspecified atom stereocenters. The highest BCUT2D eigenvalue weighted by atomic mass is 16.5. The summed E-state index contributed by atoms with van der Waals surface area (Å²) in [7, 11) is 1.66. The van der Waals surface area contributed by atoms with Crippen molar-refractivity contribution in [3.05, 3.63) is 29.3 Å². The Morgan fingerprint density at radius 2 is 2.33 bits per heavy atom. The van der Waals surface area contributed by atoms with E-state index in [1.165, 1.54) is 5.57 Å². The van der Waals surface area contributed by atoms with Crippen molar-refractivity contribution in [2.75, 3.05) is 20.3 Å². The minimum absolute atomic E-state index is 0.649. The maximum absolute atomic E-state index is 5.61. The van der Waals surface area contributed by atoms with Gasteiger partial charge in [-0.15, -0.1) is 0 Å². The van der Waals surface area contributed by atoms with Crippen LogP contribution < -0.4 is 15.2 Å². The van der Waals surface area contributed by atoms with Gasteiger partial charge < -0.3 is 15.2 Å². The number of fused-ring (bicyclic) bond motifs is 1. The molecule has 0 saturated carbocycles. The van der Waals surface area contributed by atoms with Crippen LogP contribution in [0.15, 0.2) is 23.8 Å². The van der Waals surface area contributed by atoms with Gasteiger partial charge in [0.15, 0.2) is 0 Å². The Kier molecular flexibility index (Phi) is 2.92. The van der Waals surface area contributed by atoms with Crippen LogP contribution in [0.5, 0.6) is 11.5 Å². The molecule has 2 N–H and O–H groups in total. The largest absolute Gasteiger partial charge is 0.497 e. The molecule has 3 nitrogen and oxygen atoms in total. The first kappa shape index (κ1) is 10.1. The predicted molar refractivity (Wildman–Crippen MR) is 60.1 cm³/mol. The van der Waals surface area contributed by atoms with Crippen LogP contribution in [0.1, 0.15) is 12.0 Å². The van der Waals surface area contributed by atoms with Gasteiger partial charge in [0.05, 0.1) is 7.11 Å². The molecule has 1 heterocycles. The zero-order valence-electron chi connectivity index (χ0n) is 8.82. The number of ether oxygens (including phenoxy) is 2. The van der Waals surface area contributed by atoms with E-state index >= 15 is 0 Å². The second-order valence-corrected chi connectivity index (χ2v) is 3.53. The average molecular weight is 205 g/mol. The average Bonchev–Trinajstić information content (AvgIpc) is 2.28. The highest BCUT2D eigenvalue weighted by Gasteiger charge is 2.11. The van der Waals surface area contributed by atoms with Crippen LogP contribution in [-0.4, -0.2) is 20.3 Å². The van der Waals surface area contributed by atoms with Crippen molar-refractivity contribution >= 4 is 6.08 Å². The molecular formula is C12H15NO2. The van der Waals surface area contributed by atoms with Crippen molar-refractivity contribution < 1.29 is 9.47 Å². The van der Waals surface area contributed by atoms with Gasteiger partial charge in [0.1, 0.15) is 18.1 Å². The number of rotatable bonds is 3. The molecular weight excluding hydrogens is 190 g/mol. The van der Waals surface area contributed by atoms with E-state index in [2.05, 4.69) is 6.08 Å². The van der Waals surface area contributed by atoms with Gasteiger partial charge in [-0.1, -0.05) is 0 Å². The second-order valence-electron chi connectivity index (χ2n) is 3.53. The lowest BCUT2D eigenvalue weighted by Crippen LogP contribution is -2.11. The van der Waals surface area contributed by atoms with Gasteiger partial charge in [0, 0.05) is 5.56 Å². The third-order valence-corrected chi connectivity index (χ3v) is 2.46. The number of hydrogen-bond donors (Lipinski definition) is 1. The first-order valence-electron chi connectivity index (χ1n) is 5.04. The van der Waals surface area contributed by atoms with E-state index in [9.17, 15) is 0 Å². The summed E-state index contributed by atoms with van der Waals surface area (Å²) in [5.74, 6) is 1.76. The first-order chi connectivity index (χ1) is 7.33. The van der Waals surface area contributed by atoms with Crippen molar-refractivity contribution in [1.82, 2.24) is 0 Å². The van der Waals surface area contributed by atoms with E-state index < -0.39 is 0 Å². The summed E-state index contributed by atoms with van der Waals surface area (Å²) < 4.78 is 10.8. The molecule has 0 spiro atoms. The van der Waals surface area contributed by atoms with Gasteiger partial charge >= 0.3 is 0 Å². The van der Waals surface area contributed by atoms with E-state index in [0.29, 0.717) is 13.2 Å². The van der Waals surface area contributed by atoms with Crippen LogP contribution in [0, 0.1) is 0 Å². The molecule has 2 rings (SSSR count). The lowest BCUT2D eigenvalue weighted by atomic mass is 10.1. The Hall–Kier alpha value is -1.48. The molecule has 0 amide bonds. The quantitative estimate of drug-likeness (QED) is 0.818. The van der Waals surface area contributed by atoms with Crippen LogP contribution >= 0.6 is 0 Å². The molecule has 0 aromatic heterocycles. The minimum Gasteiger partial charge on any atom is -0.497 e. The van der Waals surface area contributed by atoms with Gasteiger partial charge in [-0.2, -0.15) is 0 Å². The second kappa shape index (κ2) is 4.36. The molecule has 1 aliphatic heterocycles. The Labute approximate surface area is 89.5 Å². The van der Waals surface area contributed by atoms with Crippen LogP contribution in [0.3, 0.4) is 0 Å². The van der Waals surface area contributed by atoms with E-state index in [-0.39, 0.29) is 0 Å². The molecule has 0 atom stereocenters. The molecule has 0 radical (unpaired) electrons. The van der Waals surface area contributed by atoms with Crippen molar-refractivity contribution in [3.63, 3.8) is 0 Å². The van der Waals surface area contributed by atoms with Crippen LogP contribution in [-0.2, 0) is 0 Å². The summed E-state index contributed by atoms with van der Waals surface area (Å²) in [6.45, 7) is 1.31. The Balaban J connectivity index is 2.30. The number of benzene rings is 1. The fraction of sp³-hybridized carbons (Fsp3) is 0.333. The lowest BCUT2D eigenvalue weighted by Gasteiger charge is -2.18. The number of hydrogen-bond acceptors (Lipinski definition) is 3. The maximum atomic E-state index is 5.61. The molecule has 1 aromatic carbocycles.